The van der Waals surface area contributed by atoms with E-state index in [0.717, 1.165) is 18.4 Å². The fourth-order valence-electron chi connectivity index (χ4n) is 3.75. The topological polar surface area (TPSA) is 110 Å². The van der Waals surface area contributed by atoms with E-state index in [9.17, 15) is 14.4 Å². The van der Waals surface area contributed by atoms with Crippen LogP contribution in [-0.2, 0) is 39.8 Å². The zero-order valence-electron chi connectivity index (χ0n) is 24.6. The summed E-state index contributed by atoms with van der Waals surface area (Å²) in [6, 6.07) is 8.17. The lowest BCUT2D eigenvalue weighted by Crippen LogP contribution is -2.54. The second-order valence-electron chi connectivity index (χ2n) is 11.5. The number of amides is 2. The average Bonchev–Trinajstić information content (AvgIpc) is 2.86. The Morgan fingerprint density at radius 2 is 1.54 bits per heavy atom. The molecule has 1 aliphatic heterocycles. The van der Waals surface area contributed by atoms with Crippen molar-refractivity contribution in [1.82, 2.24) is 4.90 Å². The number of nitrogens with zero attached hydrogens (tertiary/aromatic N) is 1. The van der Waals surface area contributed by atoms with E-state index >= 15 is 0 Å². The minimum atomic E-state index is -1.44. The van der Waals surface area contributed by atoms with Crippen LogP contribution in [0.1, 0.15) is 73.8 Å². The number of ether oxygens (including phenoxy) is 6. The van der Waals surface area contributed by atoms with Crippen LogP contribution in [0.5, 0.6) is 0 Å². The maximum absolute atomic E-state index is 13.4. The first kappa shape index (κ1) is 32.5. The molecule has 2 rings (SSSR count). The molecule has 1 heterocycles. The van der Waals surface area contributed by atoms with E-state index in [1.165, 1.54) is 0 Å². The standard InChI is InChI=1S/C29H45NO9/c1-9-10-16-35-23-19-34-18-22(30(26(32)38-28(3,4)5)27(33)39-29(6,7)8)25(31)37-20(2)24(23)36-17-21-14-12-11-13-15-21/h11-15,20,22-24H,9-10,16-19H2,1-8H3. The van der Waals surface area contributed by atoms with Crippen molar-refractivity contribution in [3.8, 4) is 0 Å². The summed E-state index contributed by atoms with van der Waals surface area (Å²) in [6.07, 6.45) is -2.31. The molecule has 0 saturated carbocycles. The molecule has 1 fully saturated rings. The van der Waals surface area contributed by atoms with Gasteiger partial charge >= 0.3 is 18.2 Å². The lowest BCUT2D eigenvalue weighted by molar-refractivity contribution is -0.171. The highest BCUT2D eigenvalue weighted by Gasteiger charge is 2.44. The van der Waals surface area contributed by atoms with Crippen LogP contribution >= 0.6 is 0 Å². The van der Waals surface area contributed by atoms with Crippen LogP contribution in [0.4, 0.5) is 9.59 Å². The van der Waals surface area contributed by atoms with Gasteiger partial charge < -0.3 is 28.4 Å². The third-order valence-electron chi connectivity index (χ3n) is 5.57. The van der Waals surface area contributed by atoms with Gasteiger partial charge in [-0.3, -0.25) is 0 Å². The van der Waals surface area contributed by atoms with Crippen molar-refractivity contribution in [2.75, 3.05) is 19.8 Å². The maximum Gasteiger partial charge on any atom is 0.420 e. The van der Waals surface area contributed by atoms with Crippen LogP contribution in [0.3, 0.4) is 0 Å². The molecule has 1 saturated heterocycles. The predicted octanol–water partition coefficient (Wildman–Crippen LogP) is 5.26. The Morgan fingerprint density at radius 3 is 2.08 bits per heavy atom. The van der Waals surface area contributed by atoms with E-state index in [1.807, 2.05) is 30.3 Å². The number of hydrogen-bond acceptors (Lipinski definition) is 9. The van der Waals surface area contributed by atoms with E-state index in [2.05, 4.69) is 6.92 Å². The van der Waals surface area contributed by atoms with Gasteiger partial charge in [0.1, 0.15) is 29.5 Å². The molecule has 2 amide bonds. The SMILES string of the molecule is CCCCOC1COCC(N(C(=O)OC(C)(C)C)C(=O)OC(C)(C)C)C(=O)OC(C)C1OCc1ccccc1. The van der Waals surface area contributed by atoms with Gasteiger partial charge in [0.15, 0.2) is 6.04 Å². The quantitative estimate of drug-likeness (QED) is 0.243. The minimum Gasteiger partial charge on any atom is -0.458 e. The number of imide groups is 1. The van der Waals surface area contributed by atoms with E-state index in [0.29, 0.717) is 11.5 Å². The predicted molar refractivity (Wildman–Crippen MR) is 144 cm³/mol. The van der Waals surface area contributed by atoms with Gasteiger partial charge in [-0.25, -0.2) is 14.4 Å². The van der Waals surface area contributed by atoms with E-state index in [1.54, 1.807) is 48.5 Å². The number of hydrogen-bond donors (Lipinski definition) is 0. The lowest BCUT2D eigenvalue weighted by Gasteiger charge is -2.32. The molecule has 4 atom stereocenters. The first-order chi connectivity index (χ1) is 18.2. The largest absolute Gasteiger partial charge is 0.458 e. The molecule has 0 N–H and O–H groups in total. The Hall–Kier alpha value is -2.69. The summed E-state index contributed by atoms with van der Waals surface area (Å²) in [5.41, 5.74) is -0.909. The highest BCUT2D eigenvalue weighted by molar-refractivity contribution is 5.94. The molecule has 10 heteroatoms. The van der Waals surface area contributed by atoms with Crippen molar-refractivity contribution in [2.24, 2.45) is 0 Å². The number of benzene rings is 1. The summed E-state index contributed by atoms with van der Waals surface area (Å²) in [6.45, 7) is 14.2. The van der Waals surface area contributed by atoms with Crippen LogP contribution < -0.4 is 0 Å². The third kappa shape index (κ3) is 11.1. The number of carbonyl (C=O) groups is 3. The molecule has 0 bridgehead atoms. The smallest absolute Gasteiger partial charge is 0.420 e. The molecule has 0 radical (unpaired) electrons. The summed E-state index contributed by atoms with van der Waals surface area (Å²) in [5, 5.41) is 0. The van der Waals surface area contributed by atoms with E-state index < -0.39 is 53.7 Å². The van der Waals surface area contributed by atoms with Gasteiger partial charge in [0.25, 0.3) is 0 Å². The molecule has 0 aliphatic carbocycles. The van der Waals surface area contributed by atoms with Crippen LogP contribution in [0, 0.1) is 0 Å². The Bertz CT molecular complexity index is 895. The van der Waals surface area contributed by atoms with Gasteiger partial charge in [0, 0.05) is 6.61 Å². The van der Waals surface area contributed by atoms with Crippen molar-refractivity contribution in [2.45, 2.75) is 110 Å². The van der Waals surface area contributed by atoms with Gasteiger partial charge in [-0.1, -0.05) is 43.7 Å². The second kappa shape index (κ2) is 14.6. The third-order valence-corrected chi connectivity index (χ3v) is 5.57. The molecule has 0 spiro atoms. The fraction of sp³-hybridized carbons (Fsp3) is 0.690. The molecule has 10 nitrogen and oxygen atoms in total. The first-order valence-corrected chi connectivity index (χ1v) is 13.5. The van der Waals surface area contributed by atoms with Crippen LogP contribution in [0.25, 0.3) is 0 Å². The molecule has 1 aromatic rings. The highest BCUT2D eigenvalue weighted by Crippen LogP contribution is 2.22. The fourth-order valence-corrected chi connectivity index (χ4v) is 3.75. The first-order valence-electron chi connectivity index (χ1n) is 13.5. The average molecular weight is 552 g/mol. The van der Waals surface area contributed by atoms with Crippen LogP contribution in [0.2, 0.25) is 0 Å². The lowest BCUT2D eigenvalue weighted by atomic mass is 10.1. The molecular formula is C29H45NO9. The van der Waals surface area contributed by atoms with E-state index in [-0.39, 0.29) is 19.8 Å². The molecule has 1 aromatic carbocycles. The Balaban J connectivity index is 2.34. The Labute approximate surface area is 232 Å². The Kier molecular flexibility index (Phi) is 12.2. The summed E-state index contributed by atoms with van der Waals surface area (Å²) >= 11 is 0. The number of esters is 1. The zero-order valence-corrected chi connectivity index (χ0v) is 24.6. The summed E-state index contributed by atoms with van der Waals surface area (Å²) in [7, 11) is 0. The van der Waals surface area contributed by atoms with Crippen LogP contribution in [-0.4, -0.2) is 78.4 Å². The molecule has 220 valence electrons. The van der Waals surface area contributed by atoms with Gasteiger partial charge in [0.2, 0.25) is 0 Å². The maximum atomic E-state index is 13.4. The number of cyclic esters (lactones) is 1. The minimum absolute atomic E-state index is 0.0527. The normalized spacial score (nSPS) is 22.6. The summed E-state index contributed by atoms with van der Waals surface area (Å²) in [4.78, 5) is 40.4. The van der Waals surface area contributed by atoms with Crippen molar-refractivity contribution >= 4 is 18.2 Å². The second-order valence-corrected chi connectivity index (χ2v) is 11.5. The molecule has 1 aliphatic rings. The van der Waals surface area contributed by atoms with Gasteiger partial charge in [-0.15, -0.1) is 0 Å². The van der Waals surface area contributed by atoms with Crippen molar-refractivity contribution in [3.05, 3.63) is 35.9 Å². The van der Waals surface area contributed by atoms with Crippen molar-refractivity contribution in [3.63, 3.8) is 0 Å². The number of rotatable bonds is 8. The van der Waals surface area contributed by atoms with Crippen LogP contribution in [0.15, 0.2) is 30.3 Å². The molecule has 39 heavy (non-hydrogen) atoms. The molecule has 0 aromatic heterocycles. The zero-order chi connectivity index (χ0) is 29.2. The molecular weight excluding hydrogens is 506 g/mol. The Morgan fingerprint density at radius 1 is 0.949 bits per heavy atom. The summed E-state index contributed by atoms with van der Waals surface area (Å²) in [5.74, 6) is -0.846. The van der Waals surface area contributed by atoms with Crippen molar-refractivity contribution in [1.29, 1.82) is 0 Å². The number of carbonyl (C=O) groups excluding carboxylic acids is 3. The summed E-state index contributed by atoms with van der Waals surface area (Å²) < 4.78 is 34.9. The van der Waals surface area contributed by atoms with Gasteiger partial charge in [0.05, 0.1) is 19.8 Å². The van der Waals surface area contributed by atoms with Crippen molar-refractivity contribution < 1.29 is 42.8 Å². The molecule has 4 unspecified atom stereocenters. The van der Waals surface area contributed by atoms with Gasteiger partial charge in [-0.05, 0) is 60.5 Å². The van der Waals surface area contributed by atoms with Gasteiger partial charge in [-0.2, -0.15) is 4.90 Å². The monoisotopic (exact) mass is 551 g/mol. The number of unbranched alkanes of at least 4 members (excludes halogenated alkanes) is 1. The highest BCUT2D eigenvalue weighted by atomic mass is 16.6. The van der Waals surface area contributed by atoms with E-state index in [4.69, 9.17) is 28.4 Å².